The van der Waals surface area contributed by atoms with Crippen molar-refractivity contribution >= 4 is 28.3 Å². The van der Waals surface area contributed by atoms with E-state index in [1.165, 1.54) is 24.5 Å². The maximum atomic E-state index is 13.5. The number of amides is 1. The van der Waals surface area contributed by atoms with Crippen LogP contribution in [-0.2, 0) is 10.2 Å². The molecule has 37 heavy (non-hydrogen) atoms. The van der Waals surface area contributed by atoms with Gasteiger partial charge >= 0.3 is 5.97 Å². The molecule has 1 aliphatic carbocycles. The van der Waals surface area contributed by atoms with Gasteiger partial charge in [-0.1, -0.05) is 55.5 Å². The molecule has 1 saturated carbocycles. The van der Waals surface area contributed by atoms with E-state index >= 15 is 0 Å². The quantitative estimate of drug-likeness (QED) is 0.382. The molecule has 186 valence electrons. The second-order valence-electron chi connectivity index (χ2n) is 9.56. The monoisotopic (exact) mass is 514 g/mol. The van der Waals surface area contributed by atoms with Gasteiger partial charge in [-0.05, 0) is 29.7 Å². The van der Waals surface area contributed by atoms with E-state index in [9.17, 15) is 14.7 Å². The number of carbonyl (C=O) groups excluding carboxylic acids is 1. The predicted octanol–water partition coefficient (Wildman–Crippen LogP) is 4.99. The first kappa shape index (κ1) is 23.1. The first-order valence-corrected chi connectivity index (χ1v) is 12.4. The van der Waals surface area contributed by atoms with Crippen LogP contribution in [0.3, 0.4) is 0 Å². The summed E-state index contributed by atoms with van der Waals surface area (Å²) in [6, 6.07) is 16.4. The fourth-order valence-electron chi connectivity index (χ4n) is 5.84. The molecule has 0 saturated heterocycles. The number of carboxylic acids is 1. The van der Waals surface area contributed by atoms with Gasteiger partial charge in [0.25, 0.3) is 0 Å². The number of carboxylic acid groups (broad SMARTS) is 1. The molecule has 3 heterocycles. The van der Waals surface area contributed by atoms with E-state index in [1.807, 2.05) is 36.4 Å². The summed E-state index contributed by atoms with van der Waals surface area (Å²) in [5, 5.41) is 20.6. The molecule has 1 fully saturated rings. The van der Waals surface area contributed by atoms with Crippen LogP contribution in [0.2, 0.25) is 0 Å². The van der Waals surface area contributed by atoms with E-state index in [0.29, 0.717) is 28.0 Å². The van der Waals surface area contributed by atoms with E-state index in [2.05, 4.69) is 29.4 Å². The van der Waals surface area contributed by atoms with Gasteiger partial charge in [-0.3, -0.25) is 4.79 Å². The molecule has 9 nitrogen and oxygen atoms in total. The standard InChI is InChI=1S/C27H22N4O5S/c1-26(2)21(22(32)30-25-31-28-13-37-25)27(26)16-6-4-5-7-19(16)36-23-17(27)10-11-18(29-23)14-8-9-15(24(33)34)20(12-14)35-3/h4-13,21H,1-3H3,(H,33,34)(H,30,31,32). The number of nitrogens with zero attached hydrogens (tertiary/aromatic N) is 3. The minimum absolute atomic E-state index is 0.0670. The summed E-state index contributed by atoms with van der Waals surface area (Å²) in [6.07, 6.45) is 0. The molecule has 1 spiro atoms. The third kappa shape index (κ3) is 3.25. The number of aromatic nitrogens is 3. The number of para-hydroxylation sites is 1. The molecule has 2 unspecified atom stereocenters. The lowest BCUT2D eigenvalue weighted by Crippen LogP contribution is -2.26. The average Bonchev–Trinajstić information content (AvgIpc) is 3.16. The number of hydrogen-bond donors (Lipinski definition) is 2. The SMILES string of the molecule is COc1cc(-c2ccc3c(n2)Oc2ccccc2C32C(C(=O)Nc3nncs3)C2(C)C)ccc1C(=O)O. The molecule has 2 N–H and O–H groups in total. The van der Waals surface area contributed by atoms with Crippen molar-refractivity contribution in [3.63, 3.8) is 0 Å². The summed E-state index contributed by atoms with van der Waals surface area (Å²) in [7, 11) is 1.43. The maximum Gasteiger partial charge on any atom is 0.339 e. The minimum Gasteiger partial charge on any atom is -0.496 e. The number of benzene rings is 2. The zero-order valence-corrected chi connectivity index (χ0v) is 21.0. The molecular weight excluding hydrogens is 492 g/mol. The van der Waals surface area contributed by atoms with Gasteiger partial charge in [-0.2, -0.15) is 0 Å². The van der Waals surface area contributed by atoms with E-state index in [4.69, 9.17) is 14.5 Å². The van der Waals surface area contributed by atoms with Crippen LogP contribution in [0, 0.1) is 11.3 Å². The van der Waals surface area contributed by atoms with E-state index in [1.54, 1.807) is 17.6 Å². The molecule has 2 aliphatic rings. The Morgan fingerprint density at radius 2 is 1.92 bits per heavy atom. The van der Waals surface area contributed by atoms with Crippen molar-refractivity contribution in [1.29, 1.82) is 0 Å². The molecule has 10 heteroatoms. The van der Waals surface area contributed by atoms with Crippen LogP contribution in [0.15, 0.2) is 60.1 Å². The molecule has 2 atom stereocenters. The predicted molar refractivity (Wildman–Crippen MR) is 136 cm³/mol. The normalized spacial score (nSPS) is 20.4. The third-order valence-electron chi connectivity index (χ3n) is 7.47. The van der Waals surface area contributed by atoms with E-state index < -0.39 is 22.7 Å². The van der Waals surface area contributed by atoms with Crippen LogP contribution in [0.25, 0.3) is 11.3 Å². The van der Waals surface area contributed by atoms with Crippen molar-refractivity contribution in [3.8, 4) is 28.6 Å². The average molecular weight is 515 g/mol. The summed E-state index contributed by atoms with van der Waals surface area (Å²) in [4.78, 5) is 29.9. The van der Waals surface area contributed by atoms with Crippen molar-refractivity contribution in [2.75, 3.05) is 12.4 Å². The Bertz CT molecular complexity index is 1570. The van der Waals surface area contributed by atoms with Gasteiger partial charge in [0.1, 0.15) is 22.6 Å². The molecule has 0 radical (unpaired) electrons. The van der Waals surface area contributed by atoms with Crippen LogP contribution in [0.4, 0.5) is 5.13 Å². The van der Waals surface area contributed by atoms with Crippen LogP contribution >= 0.6 is 11.3 Å². The molecule has 2 aromatic carbocycles. The van der Waals surface area contributed by atoms with Gasteiger partial charge in [-0.15, -0.1) is 10.2 Å². The Morgan fingerprint density at radius 3 is 2.65 bits per heavy atom. The number of aromatic carboxylic acids is 1. The highest BCUT2D eigenvalue weighted by Gasteiger charge is 2.78. The topological polar surface area (TPSA) is 124 Å². The summed E-state index contributed by atoms with van der Waals surface area (Å²) in [6.45, 7) is 4.15. The Balaban J connectivity index is 1.46. The Hall–Kier alpha value is -4.31. The van der Waals surface area contributed by atoms with Crippen LogP contribution in [-0.4, -0.2) is 39.3 Å². The number of pyridine rings is 1. The maximum absolute atomic E-state index is 13.5. The second-order valence-corrected chi connectivity index (χ2v) is 10.4. The highest BCUT2D eigenvalue weighted by molar-refractivity contribution is 7.13. The summed E-state index contributed by atoms with van der Waals surface area (Å²) in [5.74, 6) is -0.297. The van der Waals surface area contributed by atoms with Crippen LogP contribution in [0.1, 0.15) is 35.3 Å². The molecule has 1 aliphatic heterocycles. The smallest absolute Gasteiger partial charge is 0.339 e. The summed E-state index contributed by atoms with van der Waals surface area (Å²) >= 11 is 1.27. The number of ether oxygens (including phenoxy) is 2. The fourth-order valence-corrected chi connectivity index (χ4v) is 6.28. The number of nitrogens with one attached hydrogen (secondary N) is 1. The molecule has 0 bridgehead atoms. The first-order chi connectivity index (χ1) is 17.8. The number of carbonyl (C=O) groups is 2. The van der Waals surface area contributed by atoms with Gasteiger partial charge in [-0.25, -0.2) is 9.78 Å². The van der Waals surface area contributed by atoms with Crippen molar-refractivity contribution in [3.05, 3.63) is 76.8 Å². The van der Waals surface area contributed by atoms with E-state index in [0.717, 1.165) is 11.1 Å². The lowest BCUT2D eigenvalue weighted by Gasteiger charge is -2.30. The number of methoxy groups -OCH3 is 1. The zero-order chi connectivity index (χ0) is 25.9. The number of anilines is 1. The molecule has 4 aromatic rings. The van der Waals surface area contributed by atoms with Crippen molar-refractivity contribution < 1.29 is 24.2 Å². The largest absolute Gasteiger partial charge is 0.496 e. The van der Waals surface area contributed by atoms with E-state index in [-0.39, 0.29) is 17.2 Å². The molecule has 2 aromatic heterocycles. The van der Waals surface area contributed by atoms with Gasteiger partial charge in [0.15, 0.2) is 0 Å². The van der Waals surface area contributed by atoms with Gasteiger partial charge in [0.05, 0.1) is 18.7 Å². The van der Waals surface area contributed by atoms with Gasteiger partial charge in [0.2, 0.25) is 16.9 Å². The number of fused-ring (bicyclic) bond motifs is 4. The second kappa shape index (κ2) is 8.10. The highest BCUT2D eigenvalue weighted by Crippen LogP contribution is 2.76. The highest BCUT2D eigenvalue weighted by atomic mass is 32.1. The molecule has 6 rings (SSSR count). The minimum atomic E-state index is -1.07. The Labute approximate surface area is 216 Å². The van der Waals surface area contributed by atoms with Crippen LogP contribution in [0.5, 0.6) is 17.4 Å². The Morgan fingerprint density at radius 1 is 1.11 bits per heavy atom. The fraction of sp³-hybridized carbons (Fsp3) is 0.222. The first-order valence-electron chi connectivity index (χ1n) is 11.6. The number of rotatable bonds is 5. The van der Waals surface area contributed by atoms with Crippen LogP contribution < -0.4 is 14.8 Å². The number of hydrogen-bond acceptors (Lipinski definition) is 8. The van der Waals surface area contributed by atoms with Crippen molar-refractivity contribution in [1.82, 2.24) is 15.2 Å². The summed E-state index contributed by atoms with van der Waals surface area (Å²) in [5.41, 5.74) is 3.59. The lowest BCUT2D eigenvalue weighted by atomic mass is 9.79. The van der Waals surface area contributed by atoms with Gasteiger partial charge < -0.3 is 19.9 Å². The molecule has 1 amide bonds. The van der Waals surface area contributed by atoms with Crippen molar-refractivity contribution in [2.45, 2.75) is 19.3 Å². The Kier molecular flexibility index (Phi) is 5.06. The van der Waals surface area contributed by atoms with Crippen molar-refractivity contribution in [2.24, 2.45) is 11.3 Å². The summed E-state index contributed by atoms with van der Waals surface area (Å²) < 4.78 is 11.6. The molecular formula is C27H22N4O5S. The zero-order valence-electron chi connectivity index (χ0n) is 20.2. The van der Waals surface area contributed by atoms with Gasteiger partial charge in [0, 0.05) is 22.1 Å². The third-order valence-corrected chi connectivity index (χ3v) is 8.08. The lowest BCUT2D eigenvalue weighted by molar-refractivity contribution is -0.118.